The van der Waals surface area contributed by atoms with Crippen LogP contribution >= 0.6 is 11.8 Å². The minimum Gasteiger partial charge on any atom is -0.337 e. The summed E-state index contributed by atoms with van der Waals surface area (Å²) in [4.78, 5) is 11.3. The van der Waals surface area contributed by atoms with Gasteiger partial charge in [0.05, 0.1) is 0 Å². The van der Waals surface area contributed by atoms with Gasteiger partial charge < -0.3 is 10.6 Å². The summed E-state index contributed by atoms with van der Waals surface area (Å²) in [6.45, 7) is 0.826. The zero-order valence-corrected chi connectivity index (χ0v) is 8.75. The number of hydrogen-bond donors (Lipinski definition) is 2. The third kappa shape index (κ3) is 2.53. The molecule has 0 heterocycles. The molecule has 2 aliphatic carbocycles. The Balaban J connectivity index is 1.63. The second-order valence-corrected chi connectivity index (χ2v) is 5.26. The largest absolute Gasteiger partial charge is 0.337 e. The lowest BCUT2D eigenvalue weighted by molar-refractivity contribution is 0.240. The van der Waals surface area contributed by atoms with E-state index in [1.807, 2.05) is 11.8 Å². The molecule has 2 rings (SSSR count). The van der Waals surface area contributed by atoms with Gasteiger partial charge in [-0.1, -0.05) is 0 Å². The first kappa shape index (κ1) is 9.19. The number of carbonyl (C=O) groups is 1. The van der Waals surface area contributed by atoms with Crippen LogP contribution in [0.3, 0.4) is 0 Å². The fourth-order valence-electron chi connectivity index (χ4n) is 1.30. The van der Waals surface area contributed by atoms with Crippen molar-refractivity contribution in [1.29, 1.82) is 0 Å². The summed E-state index contributed by atoms with van der Waals surface area (Å²) >= 11 is 1.87. The molecule has 2 N–H and O–H groups in total. The molecular formula is C9H16N2OS. The third-order valence-corrected chi connectivity index (χ3v) is 4.14. The highest BCUT2D eigenvalue weighted by molar-refractivity contribution is 8.00. The lowest BCUT2D eigenvalue weighted by Crippen LogP contribution is -2.40. The van der Waals surface area contributed by atoms with Crippen molar-refractivity contribution in [2.45, 2.75) is 36.5 Å². The van der Waals surface area contributed by atoms with Crippen LogP contribution in [0.1, 0.15) is 25.7 Å². The molecule has 0 radical (unpaired) electrons. The van der Waals surface area contributed by atoms with Crippen LogP contribution in [0.25, 0.3) is 0 Å². The quantitative estimate of drug-likeness (QED) is 0.719. The number of carbonyl (C=O) groups excluding carboxylic acids is 1. The average molecular weight is 200 g/mol. The summed E-state index contributed by atoms with van der Waals surface area (Å²) < 4.78 is 0.376. The lowest BCUT2D eigenvalue weighted by Gasteiger charge is -2.13. The molecule has 2 fully saturated rings. The van der Waals surface area contributed by atoms with E-state index in [0.717, 1.165) is 19.4 Å². The predicted molar refractivity (Wildman–Crippen MR) is 55.0 cm³/mol. The van der Waals surface area contributed by atoms with E-state index in [1.54, 1.807) is 0 Å². The summed E-state index contributed by atoms with van der Waals surface area (Å²) in [5.41, 5.74) is 0. The molecule has 0 aromatic carbocycles. The van der Waals surface area contributed by atoms with Gasteiger partial charge in [-0.2, -0.15) is 11.8 Å². The van der Waals surface area contributed by atoms with Crippen molar-refractivity contribution >= 4 is 17.8 Å². The van der Waals surface area contributed by atoms with E-state index in [4.69, 9.17) is 0 Å². The van der Waals surface area contributed by atoms with Crippen molar-refractivity contribution in [3.8, 4) is 0 Å². The minimum atomic E-state index is 0.0165. The maximum absolute atomic E-state index is 11.3. The van der Waals surface area contributed by atoms with E-state index in [9.17, 15) is 4.79 Å². The minimum absolute atomic E-state index is 0.0165. The first-order valence-corrected chi connectivity index (χ1v) is 6.06. The lowest BCUT2D eigenvalue weighted by atomic mass is 10.4. The normalized spacial score (nSPS) is 23.8. The number of thioether (sulfide) groups is 1. The van der Waals surface area contributed by atoms with Gasteiger partial charge in [-0.25, -0.2) is 4.79 Å². The van der Waals surface area contributed by atoms with Gasteiger partial charge in [0.1, 0.15) is 0 Å². The monoisotopic (exact) mass is 200 g/mol. The highest BCUT2D eigenvalue weighted by atomic mass is 32.2. The van der Waals surface area contributed by atoms with Gasteiger partial charge in [-0.05, 0) is 31.9 Å². The Morgan fingerprint density at radius 2 is 2.23 bits per heavy atom. The fourth-order valence-corrected chi connectivity index (χ4v) is 2.02. The Kier molecular flexibility index (Phi) is 2.41. The van der Waals surface area contributed by atoms with Crippen molar-refractivity contribution in [3.63, 3.8) is 0 Å². The molecule has 2 amide bonds. The Bertz CT molecular complexity index is 212. The number of rotatable bonds is 4. The first-order valence-electron chi connectivity index (χ1n) is 4.84. The van der Waals surface area contributed by atoms with Crippen LogP contribution in [0.2, 0.25) is 0 Å². The highest BCUT2D eigenvalue weighted by Crippen LogP contribution is 2.46. The van der Waals surface area contributed by atoms with E-state index in [1.165, 1.54) is 12.8 Å². The van der Waals surface area contributed by atoms with Crippen LogP contribution in [0.5, 0.6) is 0 Å². The Hall–Kier alpha value is -0.380. The van der Waals surface area contributed by atoms with E-state index < -0.39 is 0 Å². The van der Waals surface area contributed by atoms with Crippen molar-refractivity contribution in [2.75, 3.05) is 12.8 Å². The van der Waals surface area contributed by atoms with Gasteiger partial charge in [0.2, 0.25) is 0 Å². The van der Waals surface area contributed by atoms with Gasteiger partial charge in [-0.15, -0.1) is 0 Å². The van der Waals surface area contributed by atoms with Crippen LogP contribution in [0.15, 0.2) is 0 Å². The molecule has 13 heavy (non-hydrogen) atoms. The van der Waals surface area contributed by atoms with Crippen LogP contribution in [-0.4, -0.2) is 29.6 Å². The molecule has 0 saturated heterocycles. The molecule has 0 aromatic heterocycles. The van der Waals surface area contributed by atoms with Crippen LogP contribution in [-0.2, 0) is 0 Å². The van der Waals surface area contributed by atoms with E-state index in [0.29, 0.717) is 10.8 Å². The molecule has 0 aromatic rings. The molecule has 0 aliphatic heterocycles. The average Bonchev–Trinajstić information content (AvgIpc) is 2.98. The first-order chi connectivity index (χ1) is 6.24. The molecule has 2 aliphatic rings. The second kappa shape index (κ2) is 3.40. The van der Waals surface area contributed by atoms with Gasteiger partial charge in [0, 0.05) is 17.3 Å². The second-order valence-electron chi connectivity index (χ2n) is 3.99. The number of nitrogens with one attached hydrogen (secondary N) is 2. The van der Waals surface area contributed by atoms with Crippen LogP contribution in [0.4, 0.5) is 4.79 Å². The third-order valence-electron chi connectivity index (χ3n) is 2.72. The zero-order valence-electron chi connectivity index (χ0n) is 7.93. The van der Waals surface area contributed by atoms with Crippen LogP contribution in [0, 0.1) is 0 Å². The molecule has 74 valence electrons. The Morgan fingerprint density at radius 1 is 1.54 bits per heavy atom. The zero-order chi connectivity index (χ0) is 9.31. The van der Waals surface area contributed by atoms with Gasteiger partial charge >= 0.3 is 6.03 Å². The van der Waals surface area contributed by atoms with Gasteiger partial charge in [-0.3, -0.25) is 0 Å². The summed E-state index contributed by atoms with van der Waals surface area (Å²) in [7, 11) is 0. The predicted octanol–water partition coefficient (Wildman–Crippen LogP) is 1.34. The fraction of sp³-hybridized carbons (Fsp3) is 0.889. The molecule has 3 nitrogen and oxygen atoms in total. The molecule has 2 saturated carbocycles. The summed E-state index contributed by atoms with van der Waals surface area (Å²) in [6.07, 6.45) is 6.92. The van der Waals surface area contributed by atoms with Crippen LogP contribution < -0.4 is 10.6 Å². The van der Waals surface area contributed by atoms with Crippen molar-refractivity contribution in [2.24, 2.45) is 0 Å². The molecular weight excluding hydrogens is 184 g/mol. The number of amides is 2. The molecule has 0 atom stereocenters. The number of urea groups is 1. The smallest absolute Gasteiger partial charge is 0.315 e. The van der Waals surface area contributed by atoms with E-state index in [-0.39, 0.29) is 6.03 Å². The van der Waals surface area contributed by atoms with E-state index in [2.05, 4.69) is 16.9 Å². The summed E-state index contributed by atoms with van der Waals surface area (Å²) in [5, 5.41) is 5.86. The van der Waals surface area contributed by atoms with Crippen molar-refractivity contribution in [3.05, 3.63) is 0 Å². The Labute approximate surface area is 83.0 Å². The molecule has 0 spiro atoms. The Morgan fingerprint density at radius 3 is 2.69 bits per heavy atom. The maximum atomic E-state index is 11.3. The number of hydrogen-bond acceptors (Lipinski definition) is 2. The molecule has 0 unspecified atom stereocenters. The highest BCUT2D eigenvalue weighted by Gasteiger charge is 2.42. The topological polar surface area (TPSA) is 41.1 Å². The molecule has 4 heteroatoms. The molecule has 0 bridgehead atoms. The van der Waals surface area contributed by atoms with E-state index >= 15 is 0 Å². The van der Waals surface area contributed by atoms with Crippen molar-refractivity contribution < 1.29 is 4.79 Å². The summed E-state index contributed by atoms with van der Waals surface area (Å²) in [6, 6.07) is 0.479. The van der Waals surface area contributed by atoms with Gasteiger partial charge in [0.15, 0.2) is 0 Å². The maximum Gasteiger partial charge on any atom is 0.315 e. The van der Waals surface area contributed by atoms with Crippen molar-refractivity contribution in [1.82, 2.24) is 10.6 Å². The standard InChI is InChI=1S/C9H16N2OS/c1-13-9(4-5-9)6-10-8(12)11-7-2-3-7/h7H,2-6H2,1H3,(H2,10,11,12). The summed E-state index contributed by atoms with van der Waals surface area (Å²) in [5.74, 6) is 0. The SMILES string of the molecule is CSC1(CNC(=O)NC2CC2)CC1. The van der Waals surface area contributed by atoms with Gasteiger partial charge in [0.25, 0.3) is 0 Å².